The quantitative estimate of drug-likeness (QED) is 0.509. The van der Waals surface area contributed by atoms with Crippen molar-refractivity contribution in [2.45, 2.75) is 33.7 Å². The summed E-state index contributed by atoms with van der Waals surface area (Å²) in [5.74, 6) is -0.0766. The second-order valence-corrected chi connectivity index (χ2v) is 7.56. The van der Waals surface area contributed by atoms with Crippen molar-refractivity contribution in [3.05, 3.63) is 65.4 Å². The first kappa shape index (κ1) is 17.4. The fourth-order valence-corrected chi connectivity index (χ4v) is 3.86. The van der Waals surface area contributed by atoms with Crippen LogP contribution < -0.4 is 5.32 Å². The Morgan fingerprint density at radius 1 is 0.963 bits per heavy atom. The van der Waals surface area contributed by atoms with Crippen molar-refractivity contribution in [3.8, 4) is 0 Å². The molecule has 0 atom stereocenters. The number of carbonyl (C=O) groups excluding carboxylic acids is 1. The van der Waals surface area contributed by atoms with Gasteiger partial charge in [0.15, 0.2) is 0 Å². The van der Waals surface area contributed by atoms with Crippen molar-refractivity contribution in [1.29, 1.82) is 0 Å². The van der Waals surface area contributed by atoms with E-state index >= 15 is 0 Å². The molecule has 0 aliphatic rings. The molecule has 2 aromatic heterocycles. The predicted octanol–water partition coefficient (Wildman–Crippen LogP) is 5.58. The molecule has 0 radical (unpaired) electrons. The van der Waals surface area contributed by atoms with Gasteiger partial charge in [-0.15, -0.1) is 0 Å². The summed E-state index contributed by atoms with van der Waals surface area (Å²) < 4.78 is 4.31. The molecule has 1 amide bonds. The average molecular weight is 359 g/mol. The number of hydrogen-bond acceptors (Lipinski definition) is 1. The normalized spacial score (nSPS) is 11.6. The van der Waals surface area contributed by atoms with Crippen LogP contribution in [0.5, 0.6) is 0 Å². The summed E-state index contributed by atoms with van der Waals surface area (Å²) in [7, 11) is 2.06. The Morgan fingerprint density at radius 3 is 2.41 bits per heavy atom. The second kappa shape index (κ2) is 6.31. The first-order valence-corrected chi connectivity index (χ1v) is 9.35. The van der Waals surface area contributed by atoms with Crippen molar-refractivity contribution >= 4 is 33.5 Å². The number of anilines is 1. The summed E-state index contributed by atoms with van der Waals surface area (Å²) in [6.45, 7) is 8.37. The lowest BCUT2D eigenvalue weighted by Gasteiger charge is -2.15. The maximum atomic E-state index is 13.1. The molecule has 4 heteroatoms. The van der Waals surface area contributed by atoms with E-state index in [4.69, 9.17) is 0 Å². The minimum absolute atomic E-state index is 0.0766. The zero-order chi connectivity index (χ0) is 19.3. The molecule has 0 unspecified atom stereocenters. The Bertz CT molecular complexity index is 1180. The highest BCUT2D eigenvalue weighted by Crippen LogP contribution is 2.33. The molecule has 0 aliphatic heterocycles. The van der Waals surface area contributed by atoms with Gasteiger partial charge in [-0.3, -0.25) is 4.79 Å². The monoisotopic (exact) mass is 359 g/mol. The van der Waals surface area contributed by atoms with Gasteiger partial charge in [-0.1, -0.05) is 24.3 Å². The fraction of sp³-hybridized carbons (Fsp3) is 0.261. The maximum absolute atomic E-state index is 13.1. The van der Waals surface area contributed by atoms with Crippen LogP contribution in [0.1, 0.15) is 41.5 Å². The number of amides is 1. The molecule has 138 valence electrons. The lowest BCUT2D eigenvalue weighted by Crippen LogP contribution is -2.18. The highest BCUT2D eigenvalue weighted by atomic mass is 16.2. The number of fused-ring (bicyclic) bond motifs is 3. The minimum atomic E-state index is -0.0766. The molecule has 0 fully saturated rings. The van der Waals surface area contributed by atoms with Gasteiger partial charge in [0.25, 0.3) is 5.91 Å². The molecule has 0 saturated heterocycles. The van der Waals surface area contributed by atoms with E-state index in [0.717, 1.165) is 16.7 Å². The molecule has 4 aromatic rings. The topological polar surface area (TPSA) is 39.0 Å². The molecule has 2 heterocycles. The average Bonchev–Trinajstić information content (AvgIpc) is 3.15. The zero-order valence-electron chi connectivity index (χ0n) is 16.5. The third-order valence-corrected chi connectivity index (χ3v) is 5.41. The lowest BCUT2D eigenvalue weighted by atomic mass is 10.1. The van der Waals surface area contributed by atoms with Gasteiger partial charge in [0.05, 0.1) is 16.6 Å². The Balaban J connectivity index is 1.85. The Labute approximate surface area is 159 Å². The van der Waals surface area contributed by atoms with Gasteiger partial charge < -0.3 is 14.5 Å². The minimum Gasteiger partial charge on any atom is -0.342 e. The van der Waals surface area contributed by atoms with Crippen LogP contribution in [0.15, 0.2) is 48.5 Å². The van der Waals surface area contributed by atoms with Gasteiger partial charge in [-0.2, -0.15) is 0 Å². The smallest absolute Gasteiger partial charge is 0.272 e. The van der Waals surface area contributed by atoms with E-state index < -0.39 is 0 Å². The van der Waals surface area contributed by atoms with Gasteiger partial charge in [0, 0.05) is 24.2 Å². The number of benzene rings is 2. The summed E-state index contributed by atoms with van der Waals surface area (Å²) in [4.78, 5) is 13.1. The highest BCUT2D eigenvalue weighted by molar-refractivity contribution is 6.12. The van der Waals surface area contributed by atoms with Crippen LogP contribution in [0.4, 0.5) is 5.69 Å². The van der Waals surface area contributed by atoms with Crippen LogP contribution >= 0.6 is 0 Å². The summed E-state index contributed by atoms with van der Waals surface area (Å²) in [6.07, 6.45) is 0. The number of aryl methyl sites for hydroxylation is 3. The molecular formula is C23H25N3O. The van der Waals surface area contributed by atoms with Crippen LogP contribution in [0.2, 0.25) is 0 Å². The van der Waals surface area contributed by atoms with Gasteiger partial charge in [-0.05, 0) is 63.1 Å². The van der Waals surface area contributed by atoms with Crippen LogP contribution in [-0.4, -0.2) is 15.0 Å². The molecule has 1 N–H and O–H groups in total. The van der Waals surface area contributed by atoms with E-state index in [2.05, 4.69) is 61.3 Å². The molecule has 0 spiro atoms. The maximum Gasteiger partial charge on any atom is 0.272 e. The summed E-state index contributed by atoms with van der Waals surface area (Å²) in [5.41, 5.74) is 7.28. The third-order valence-electron chi connectivity index (χ3n) is 5.41. The number of nitrogens with zero attached hydrogens (tertiary/aromatic N) is 2. The largest absolute Gasteiger partial charge is 0.342 e. The van der Waals surface area contributed by atoms with Crippen molar-refractivity contribution in [3.63, 3.8) is 0 Å². The Morgan fingerprint density at radius 2 is 1.70 bits per heavy atom. The first-order valence-electron chi connectivity index (χ1n) is 9.35. The van der Waals surface area contributed by atoms with Crippen LogP contribution in [0.3, 0.4) is 0 Å². The molecule has 0 aliphatic carbocycles. The van der Waals surface area contributed by atoms with Gasteiger partial charge in [-0.25, -0.2) is 0 Å². The number of rotatable bonds is 3. The molecule has 0 bridgehead atoms. The fourth-order valence-electron chi connectivity index (χ4n) is 3.86. The SMILES string of the molecule is Cc1ccc(NC(=O)c2cc3c(c4ccccc4n3C)n2C(C)C)cc1C. The van der Waals surface area contributed by atoms with Crippen LogP contribution in [0, 0.1) is 13.8 Å². The van der Waals surface area contributed by atoms with Crippen LogP contribution in [-0.2, 0) is 7.05 Å². The molecular weight excluding hydrogens is 334 g/mol. The van der Waals surface area contributed by atoms with Gasteiger partial charge in [0.2, 0.25) is 0 Å². The summed E-state index contributed by atoms with van der Waals surface area (Å²) >= 11 is 0. The number of nitrogens with one attached hydrogen (secondary N) is 1. The van der Waals surface area contributed by atoms with Gasteiger partial charge in [0.1, 0.15) is 5.69 Å². The molecule has 2 aromatic carbocycles. The molecule has 0 saturated carbocycles. The predicted molar refractivity (Wildman–Crippen MR) is 113 cm³/mol. The third kappa shape index (κ3) is 2.72. The first-order chi connectivity index (χ1) is 12.9. The number of carbonyl (C=O) groups is 1. The number of hydrogen-bond donors (Lipinski definition) is 1. The summed E-state index contributed by atoms with van der Waals surface area (Å²) in [6, 6.07) is 16.5. The van der Waals surface area contributed by atoms with E-state index in [0.29, 0.717) is 5.69 Å². The van der Waals surface area contributed by atoms with E-state index in [-0.39, 0.29) is 11.9 Å². The second-order valence-electron chi connectivity index (χ2n) is 7.56. The van der Waals surface area contributed by atoms with Crippen LogP contribution in [0.25, 0.3) is 21.9 Å². The summed E-state index contributed by atoms with van der Waals surface area (Å²) in [5, 5.41) is 4.25. The van der Waals surface area contributed by atoms with Crippen molar-refractivity contribution in [1.82, 2.24) is 9.13 Å². The Hall–Kier alpha value is -3.01. The Kier molecular flexibility index (Phi) is 4.06. The molecule has 4 rings (SSSR count). The van der Waals surface area contributed by atoms with Crippen molar-refractivity contribution < 1.29 is 4.79 Å². The van der Waals surface area contributed by atoms with Gasteiger partial charge >= 0.3 is 0 Å². The van der Waals surface area contributed by atoms with E-state index in [1.54, 1.807) is 0 Å². The number of aromatic nitrogens is 2. The van der Waals surface area contributed by atoms with E-state index in [9.17, 15) is 4.79 Å². The van der Waals surface area contributed by atoms with E-state index in [1.807, 2.05) is 36.4 Å². The van der Waals surface area contributed by atoms with Crippen molar-refractivity contribution in [2.24, 2.45) is 7.05 Å². The number of para-hydroxylation sites is 1. The lowest BCUT2D eigenvalue weighted by molar-refractivity contribution is 0.101. The zero-order valence-corrected chi connectivity index (χ0v) is 16.5. The molecule has 4 nitrogen and oxygen atoms in total. The highest BCUT2D eigenvalue weighted by Gasteiger charge is 2.22. The molecule has 27 heavy (non-hydrogen) atoms. The van der Waals surface area contributed by atoms with E-state index in [1.165, 1.54) is 22.0 Å². The standard InChI is InChI=1S/C23H25N3O/c1-14(2)26-21(23(27)24-17-11-10-15(3)16(4)12-17)13-20-22(26)18-8-6-7-9-19(18)25(20)5/h6-14H,1-5H3,(H,24,27). The van der Waals surface area contributed by atoms with Crippen molar-refractivity contribution in [2.75, 3.05) is 5.32 Å².